The molecule has 0 unspecified atom stereocenters. The highest BCUT2D eigenvalue weighted by molar-refractivity contribution is 6.33. The third kappa shape index (κ3) is 9.36. The maximum absolute atomic E-state index is 13.3. The molecule has 0 atom stereocenters. The van der Waals surface area contributed by atoms with Gasteiger partial charge >= 0.3 is 12.1 Å². The number of halogens is 1. The standard InChI is InChI=1S/C34H51ClN2O5/c1-32(2,3)22-41-29(38)11-13-37(31(40)42-33(4,5)6)12-7-8-23-9-10-28(35)27(17-23)30(39)36-21-34-18-24-14-25(19-34)16-26(15-24)20-34/h9-10,17,24-26H,7-8,11-16,18-22H2,1-6H3,(H,36,39). The van der Waals surface area contributed by atoms with Crippen LogP contribution in [0.4, 0.5) is 4.79 Å². The third-order valence-corrected chi connectivity index (χ3v) is 9.19. The number of nitrogens with zero attached hydrogens (tertiary/aromatic N) is 1. The molecule has 1 aromatic carbocycles. The van der Waals surface area contributed by atoms with E-state index >= 15 is 0 Å². The highest BCUT2D eigenvalue weighted by Crippen LogP contribution is 2.59. The largest absolute Gasteiger partial charge is 0.465 e. The predicted octanol–water partition coefficient (Wildman–Crippen LogP) is 7.44. The summed E-state index contributed by atoms with van der Waals surface area (Å²) >= 11 is 6.48. The lowest BCUT2D eigenvalue weighted by Gasteiger charge is -2.56. The van der Waals surface area contributed by atoms with Crippen LogP contribution >= 0.6 is 11.6 Å². The monoisotopic (exact) mass is 602 g/mol. The zero-order chi connectivity index (χ0) is 30.7. The van der Waals surface area contributed by atoms with E-state index in [9.17, 15) is 14.4 Å². The van der Waals surface area contributed by atoms with Gasteiger partial charge < -0.3 is 19.7 Å². The van der Waals surface area contributed by atoms with Crippen LogP contribution in [-0.4, -0.2) is 54.7 Å². The Morgan fingerprint density at radius 1 is 0.976 bits per heavy atom. The second-order valence-corrected chi connectivity index (χ2v) is 15.9. The van der Waals surface area contributed by atoms with Crippen molar-refractivity contribution in [2.45, 2.75) is 105 Å². The molecule has 42 heavy (non-hydrogen) atoms. The average molecular weight is 603 g/mol. The number of nitrogens with one attached hydrogen (secondary N) is 1. The van der Waals surface area contributed by atoms with Crippen LogP contribution in [0.1, 0.15) is 109 Å². The Morgan fingerprint density at radius 3 is 2.17 bits per heavy atom. The van der Waals surface area contributed by atoms with E-state index in [1.54, 1.807) is 11.0 Å². The number of benzene rings is 1. The van der Waals surface area contributed by atoms with Gasteiger partial charge in [-0.15, -0.1) is 0 Å². The Hall–Kier alpha value is -2.28. The molecule has 0 saturated heterocycles. The van der Waals surface area contributed by atoms with Crippen LogP contribution in [-0.2, 0) is 20.7 Å². The highest BCUT2D eigenvalue weighted by Gasteiger charge is 2.50. The van der Waals surface area contributed by atoms with Gasteiger partial charge in [-0.2, -0.15) is 0 Å². The van der Waals surface area contributed by atoms with E-state index in [0.717, 1.165) is 29.9 Å². The van der Waals surface area contributed by atoms with Crippen LogP contribution in [0.15, 0.2) is 18.2 Å². The lowest BCUT2D eigenvalue weighted by Crippen LogP contribution is -2.51. The number of esters is 1. The fourth-order valence-corrected chi connectivity index (χ4v) is 7.67. The van der Waals surface area contributed by atoms with Crippen LogP contribution in [0, 0.1) is 28.6 Å². The van der Waals surface area contributed by atoms with Gasteiger partial charge in [0.05, 0.1) is 23.6 Å². The van der Waals surface area contributed by atoms with Crippen molar-refractivity contribution in [3.8, 4) is 0 Å². The molecule has 4 bridgehead atoms. The Kier molecular flexibility index (Phi) is 10.2. The first-order valence-corrected chi connectivity index (χ1v) is 16.2. The van der Waals surface area contributed by atoms with Crippen LogP contribution in [0.2, 0.25) is 5.02 Å². The van der Waals surface area contributed by atoms with Gasteiger partial charge in [-0.3, -0.25) is 9.59 Å². The fraction of sp³-hybridized carbons (Fsp3) is 0.735. The minimum Gasteiger partial charge on any atom is -0.465 e. The van der Waals surface area contributed by atoms with E-state index in [0.29, 0.717) is 36.6 Å². The van der Waals surface area contributed by atoms with Gasteiger partial charge in [0, 0.05) is 19.6 Å². The zero-order valence-electron chi connectivity index (χ0n) is 26.5. The molecule has 0 aliphatic heterocycles. The van der Waals surface area contributed by atoms with E-state index in [1.165, 1.54) is 38.5 Å². The van der Waals surface area contributed by atoms with Crippen molar-refractivity contribution in [3.63, 3.8) is 0 Å². The summed E-state index contributed by atoms with van der Waals surface area (Å²) in [4.78, 5) is 40.0. The maximum Gasteiger partial charge on any atom is 0.410 e. The Balaban J connectivity index is 1.31. The molecule has 4 aliphatic rings. The zero-order valence-corrected chi connectivity index (χ0v) is 27.3. The van der Waals surface area contributed by atoms with Crippen molar-refractivity contribution >= 4 is 29.6 Å². The topological polar surface area (TPSA) is 84.9 Å². The molecule has 4 saturated carbocycles. The SMILES string of the molecule is CC(C)(C)COC(=O)CCN(CCCc1ccc(Cl)c(C(=O)NCC23CC4CC(CC(C4)C2)C3)c1)C(=O)OC(C)(C)C. The van der Waals surface area contributed by atoms with E-state index < -0.39 is 11.7 Å². The quantitative estimate of drug-likeness (QED) is 0.266. The summed E-state index contributed by atoms with van der Waals surface area (Å²) in [5.41, 5.74) is 0.983. The van der Waals surface area contributed by atoms with Gasteiger partial charge in [0.15, 0.2) is 0 Å². The lowest BCUT2D eigenvalue weighted by molar-refractivity contribution is -0.146. The number of ether oxygens (including phenoxy) is 2. The summed E-state index contributed by atoms with van der Waals surface area (Å²) in [6.07, 6.45) is 8.83. The summed E-state index contributed by atoms with van der Waals surface area (Å²) in [5.74, 6) is 2.08. The highest BCUT2D eigenvalue weighted by atomic mass is 35.5. The molecular weight excluding hydrogens is 552 g/mol. The Labute approximate surface area is 257 Å². The number of carbonyl (C=O) groups is 3. The summed E-state index contributed by atoms with van der Waals surface area (Å²) in [6, 6.07) is 5.59. The molecule has 2 amide bonds. The molecular formula is C34H51ClN2O5. The Bertz CT molecular complexity index is 1100. The van der Waals surface area contributed by atoms with E-state index in [4.69, 9.17) is 21.1 Å². The van der Waals surface area contributed by atoms with Gasteiger partial charge in [-0.1, -0.05) is 38.4 Å². The first kappa shape index (κ1) is 32.6. The van der Waals surface area contributed by atoms with Crippen molar-refractivity contribution in [1.29, 1.82) is 0 Å². The molecule has 8 heteroatoms. The van der Waals surface area contributed by atoms with Crippen molar-refractivity contribution in [2.24, 2.45) is 28.6 Å². The Morgan fingerprint density at radius 2 is 1.60 bits per heavy atom. The lowest BCUT2D eigenvalue weighted by atomic mass is 9.49. The molecule has 4 aliphatic carbocycles. The number of carbonyl (C=O) groups excluding carboxylic acids is 3. The predicted molar refractivity (Wildman–Crippen MR) is 166 cm³/mol. The number of aryl methyl sites for hydroxylation is 1. The summed E-state index contributed by atoms with van der Waals surface area (Å²) in [6.45, 7) is 13.2. The summed E-state index contributed by atoms with van der Waals surface area (Å²) in [7, 11) is 0. The second kappa shape index (κ2) is 13.2. The molecule has 1 N–H and O–H groups in total. The minimum absolute atomic E-state index is 0.102. The normalized spacial score (nSPS) is 24.8. The number of amides is 2. The van der Waals surface area contributed by atoms with E-state index in [-0.39, 0.29) is 35.7 Å². The number of rotatable bonds is 11. The van der Waals surface area contributed by atoms with Gasteiger partial charge in [-0.05, 0) is 118 Å². The molecule has 5 rings (SSSR count). The van der Waals surface area contributed by atoms with Crippen molar-refractivity contribution in [2.75, 3.05) is 26.2 Å². The summed E-state index contributed by atoms with van der Waals surface area (Å²) in [5, 5.41) is 3.70. The van der Waals surface area contributed by atoms with Crippen molar-refractivity contribution < 1.29 is 23.9 Å². The number of hydrogen-bond acceptors (Lipinski definition) is 5. The molecule has 1 aromatic rings. The van der Waals surface area contributed by atoms with Crippen LogP contribution in [0.25, 0.3) is 0 Å². The molecule has 7 nitrogen and oxygen atoms in total. The van der Waals surface area contributed by atoms with Crippen molar-refractivity contribution in [3.05, 3.63) is 34.3 Å². The van der Waals surface area contributed by atoms with Gasteiger partial charge in [0.2, 0.25) is 0 Å². The molecule has 4 fully saturated rings. The van der Waals surface area contributed by atoms with Crippen LogP contribution in [0.3, 0.4) is 0 Å². The molecule has 0 spiro atoms. The van der Waals surface area contributed by atoms with Gasteiger partial charge in [-0.25, -0.2) is 4.79 Å². The molecule has 0 aromatic heterocycles. The van der Waals surface area contributed by atoms with Gasteiger partial charge in [0.1, 0.15) is 5.60 Å². The van der Waals surface area contributed by atoms with Gasteiger partial charge in [0.25, 0.3) is 5.91 Å². The molecule has 234 valence electrons. The first-order valence-electron chi connectivity index (χ1n) is 15.8. The smallest absolute Gasteiger partial charge is 0.410 e. The minimum atomic E-state index is -0.642. The first-order chi connectivity index (χ1) is 19.6. The average Bonchev–Trinajstić information content (AvgIpc) is 2.86. The third-order valence-electron chi connectivity index (χ3n) is 8.86. The van der Waals surface area contributed by atoms with Crippen LogP contribution < -0.4 is 5.32 Å². The maximum atomic E-state index is 13.3. The van der Waals surface area contributed by atoms with Crippen LogP contribution in [0.5, 0.6) is 0 Å². The number of hydrogen-bond donors (Lipinski definition) is 1. The molecule has 0 heterocycles. The fourth-order valence-electron chi connectivity index (χ4n) is 7.46. The second-order valence-electron chi connectivity index (χ2n) is 15.5. The van der Waals surface area contributed by atoms with Crippen molar-refractivity contribution in [1.82, 2.24) is 10.2 Å². The van der Waals surface area contributed by atoms with E-state index in [2.05, 4.69) is 5.32 Å². The molecule has 0 radical (unpaired) electrons. The summed E-state index contributed by atoms with van der Waals surface area (Å²) < 4.78 is 11.0. The van der Waals surface area contributed by atoms with E-state index in [1.807, 2.05) is 53.7 Å².